The van der Waals surface area contributed by atoms with Crippen molar-refractivity contribution in [2.45, 2.75) is 86.2 Å². The molecule has 1 nitrogen and oxygen atoms in total. The molecule has 3 unspecified atom stereocenters. The van der Waals surface area contributed by atoms with Gasteiger partial charge in [-0.3, -0.25) is 0 Å². The van der Waals surface area contributed by atoms with Crippen LogP contribution < -0.4 is 0 Å². The van der Waals surface area contributed by atoms with E-state index < -0.39 is 0 Å². The summed E-state index contributed by atoms with van der Waals surface area (Å²) in [6, 6.07) is 0. The van der Waals surface area contributed by atoms with Gasteiger partial charge in [-0.05, 0) is 30.1 Å². The summed E-state index contributed by atoms with van der Waals surface area (Å²) in [5.41, 5.74) is 0.312. The van der Waals surface area contributed by atoms with Crippen LogP contribution in [0.3, 0.4) is 0 Å². The minimum atomic E-state index is -0.106. The zero-order valence-corrected chi connectivity index (χ0v) is 12.9. The lowest BCUT2D eigenvalue weighted by atomic mass is 9.77. The summed E-state index contributed by atoms with van der Waals surface area (Å²) in [6.07, 6.45) is 6.91. The van der Waals surface area contributed by atoms with Crippen LogP contribution in [0.5, 0.6) is 0 Å². The maximum Gasteiger partial charge on any atom is 0.0545 e. The molecule has 0 saturated carbocycles. The summed E-state index contributed by atoms with van der Waals surface area (Å²) in [5, 5.41) is 10.2. The third-order valence-corrected chi connectivity index (χ3v) is 4.25. The third-order valence-electron chi connectivity index (χ3n) is 4.25. The van der Waals surface area contributed by atoms with E-state index in [1.165, 1.54) is 25.7 Å². The molecule has 0 amide bonds. The Morgan fingerprint density at radius 1 is 1.06 bits per heavy atom. The van der Waals surface area contributed by atoms with Gasteiger partial charge in [0.15, 0.2) is 0 Å². The predicted octanol–water partition coefficient (Wildman–Crippen LogP) is 5.03. The first-order valence-corrected chi connectivity index (χ1v) is 7.49. The van der Waals surface area contributed by atoms with Gasteiger partial charge in [0.1, 0.15) is 0 Å². The second kappa shape index (κ2) is 8.13. The molecule has 3 atom stereocenters. The van der Waals surface area contributed by atoms with Crippen LogP contribution in [0.15, 0.2) is 0 Å². The third kappa shape index (κ3) is 7.81. The van der Waals surface area contributed by atoms with Gasteiger partial charge in [-0.25, -0.2) is 0 Å². The quantitative estimate of drug-likeness (QED) is 0.633. The van der Waals surface area contributed by atoms with Gasteiger partial charge in [-0.2, -0.15) is 0 Å². The van der Waals surface area contributed by atoms with Gasteiger partial charge in [-0.15, -0.1) is 0 Å². The van der Waals surface area contributed by atoms with Crippen LogP contribution in [0.1, 0.15) is 80.1 Å². The Morgan fingerprint density at radius 2 is 1.65 bits per heavy atom. The predicted molar refractivity (Wildman–Crippen MR) is 77.2 cm³/mol. The Bertz CT molecular complexity index is 180. The molecule has 0 bridgehead atoms. The Balaban J connectivity index is 4.01. The molecule has 0 radical (unpaired) electrons. The molecule has 0 fully saturated rings. The van der Waals surface area contributed by atoms with Crippen LogP contribution in [0.25, 0.3) is 0 Å². The van der Waals surface area contributed by atoms with Crippen molar-refractivity contribution in [2.24, 2.45) is 17.3 Å². The van der Waals surface area contributed by atoms with Crippen molar-refractivity contribution < 1.29 is 5.11 Å². The molecular formula is C16H34O. The maximum absolute atomic E-state index is 10.2. The Morgan fingerprint density at radius 3 is 2.06 bits per heavy atom. The van der Waals surface area contributed by atoms with Crippen LogP contribution in [-0.2, 0) is 0 Å². The second-order valence-corrected chi connectivity index (χ2v) is 6.81. The van der Waals surface area contributed by atoms with Gasteiger partial charge >= 0.3 is 0 Å². The van der Waals surface area contributed by atoms with E-state index in [2.05, 4.69) is 41.5 Å². The average Bonchev–Trinajstić information content (AvgIpc) is 2.22. The van der Waals surface area contributed by atoms with E-state index in [4.69, 9.17) is 0 Å². The molecule has 0 aliphatic carbocycles. The molecule has 17 heavy (non-hydrogen) atoms. The number of hydrogen-bond acceptors (Lipinski definition) is 1. The topological polar surface area (TPSA) is 20.2 Å². The van der Waals surface area contributed by atoms with Gasteiger partial charge in [0, 0.05) is 0 Å². The highest BCUT2D eigenvalue weighted by molar-refractivity contribution is 4.74. The van der Waals surface area contributed by atoms with E-state index in [9.17, 15) is 5.11 Å². The maximum atomic E-state index is 10.2. The highest BCUT2D eigenvalue weighted by Gasteiger charge is 2.23. The van der Waals surface area contributed by atoms with E-state index in [1.807, 2.05) is 0 Å². The molecule has 0 aromatic heterocycles. The highest BCUT2D eigenvalue weighted by Crippen LogP contribution is 2.31. The molecule has 0 aliphatic rings. The highest BCUT2D eigenvalue weighted by atomic mass is 16.3. The SMILES string of the molecule is CCCCC(CC)CC(O)CC(C)C(C)(C)C. The van der Waals surface area contributed by atoms with Crippen molar-refractivity contribution in [3.8, 4) is 0 Å². The minimum Gasteiger partial charge on any atom is -0.393 e. The zero-order valence-electron chi connectivity index (χ0n) is 12.9. The van der Waals surface area contributed by atoms with Crippen molar-refractivity contribution in [3.63, 3.8) is 0 Å². The zero-order chi connectivity index (χ0) is 13.5. The van der Waals surface area contributed by atoms with Crippen LogP contribution in [0.4, 0.5) is 0 Å². The first kappa shape index (κ1) is 17.0. The Kier molecular flexibility index (Phi) is 8.11. The molecule has 0 saturated heterocycles. The lowest BCUT2D eigenvalue weighted by molar-refractivity contribution is 0.0861. The van der Waals surface area contributed by atoms with Crippen LogP contribution in [-0.4, -0.2) is 11.2 Å². The summed E-state index contributed by atoms with van der Waals surface area (Å²) >= 11 is 0. The van der Waals surface area contributed by atoms with Gasteiger partial charge in [0.2, 0.25) is 0 Å². The molecule has 104 valence electrons. The first-order valence-electron chi connectivity index (χ1n) is 7.49. The summed E-state index contributed by atoms with van der Waals surface area (Å²) in [6.45, 7) is 13.5. The smallest absolute Gasteiger partial charge is 0.0545 e. The van der Waals surface area contributed by atoms with Crippen molar-refractivity contribution in [3.05, 3.63) is 0 Å². The molecule has 1 N–H and O–H groups in total. The van der Waals surface area contributed by atoms with E-state index in [-0.39, 0.29) is 6.10 Å². The van der Waals surface area contributed by atoms with Crippen molar-refractivity contribution in [1.82, 2.24) is 0 Å². The van der Waals surface area contributed by atoms with E-state index in [0.29, 0.717) is 11.3 Å². The van der Waals surface area contributed by atoms with E-state index in [1.54, 1.807) is 0 Å². The van der Waals surface area contributed by atoms with E-state index >= 15 is 0 Å². The monoisotopic (exact) mass is 242 g/mol. The second-order valence-electron chi connectivity index (χ2n) is 6.81. The number of aliphatic hydroxyl groups is 1. The fourth-order valence-electron chi connectivity index (χ4n) is 2.22. The number of unbranched alkanes of at least 4 members (excludes halogenated alkanes) is 1. The number of hydrogen-bond donors (Lipinski definition) is 1. The van der Waals surface area contributed by atoms with Gasteiger partial charge < -0.3 is 5.11 Å². The molecule has 0 aromatic rings. The molecule has 0 heterocycles. The van der Waals surface area contributed by atoms with Gasteiger partial charge in [0.25, 0.3) is 0 Å². The molecule has 0 spiro atoms. The first-order chi connectivity index (χ1) is 7.81. The van der Waals surface area contributed by atoms with Crippen LogP contribution in [0, 0.1) is 17.3 Å². The number of rotatable bonds is 8. The summed E-state index contributed by atoms with van der Waals surface area (Å²) < 4.78 is 0. The summed E-state index contributed by atoms with van der Waals surface area (Å²) in [4.78, 5) is 0. The molecule has 1 heteroatoms. The average molecular weight is 242 g/mol. The fourth-order valence-corrected chi connectivity index (χ4v) is 2.22. The van der Waals surface area contributed by atoms with Gasteiger partial charge in [0.05, 0.1) is 6.10 Å². The summed E-state index contributed by atoms with van der Waals surface area (Å²) in [7, 11) is 0. The van der Waals surface area contributed by atoms with E-state index in [0.717, 1.165) is 18.8 Å². The lowest BCUT2D eigenvalue weighted by Gasteiger charge is -2.30. The molecule has 0 rings (SSSR count). The molecular weight excluding hydrogens is 208 g/mol. The Labute approximate surface area is 109 Å². The fraction of sp³-hybridized carbons (Fsp3) is 1.00. The Hall–Kier alpha value is -0.0400. The molecule has 0 aromatic carbocycles. The van der Waals surface area contributed by atoms with Crippen LogP contribution >= 0.6 is 0 Å². The van der Waals surface area contributed by atoms with Crippen LogP contribution in [0.2, 0.25) is 0 Å². The largest absolute Gasteiger partial charge is 0.393 e. The standard InChI is InChI=1S/C16H34O/c1-7-9-10-14(8-2)12-15(17)11-13(3)16(4,5)6/h13-15,17H,7-12H2,1-6H3. The van der Waals surface area contributed by atoms with Gasteiger partial charge in [-0.1, -0.05) is 67.2 Å². The normalized spacial score (nSPS) is 17.8. The lowest BCUT2D eigenvalue weighted by Crippen LogP contribution is -2.24. The van der Waals surface area contributed by atoms with Crippen molar-refractivity contribution in [1.29, 1.82) is 0 Å². The van der Waals surface area contributed by atoms with Crippen molar-refractivity contribution in [2.75, 3.05) is 0 Å². The molecule has 0 aliphatic heterocycles. The van der Waals surface area contributed by atoms with Crippen molar-refractivity contribution >= 4 is 0 Å². The number of aliphatic hydroxyl groups excluding tert-OH is 1. The minimum absolute atomic E-state index is 0.106. The summed E-state index contributed by atoms with van der Waals surface area (Å²) in [5.74, 6) is 1.30.